The van der Waals surface area contributed by atoms with Crippen LogP contribution < -0.4 is 0 Å². The molecule has 4 aromatic rings. The number of nitrogens with zero attached hydrogens (tertiary/aromatic N) is 4. The van der Waals surface area contributed by atoms with Crippen LogP contribution in [0.15, 0.2) is 64.1 Å². The topological polar surface area (TPSA) is 78.0 Å². The molecule has 5 heteroatoms. The Morgan fingerprint density at radius 1 is 1.03 bits per heavy atom. The Kier molecular flexibility index (Phi) is 4.73. The summed E-state index contributed by atoms with van der Waals surface area (Å²) in [5.74, 6) is 1.03. The lowest BCUT2D eigenvalue weighted by molar-refractivity contribution is 0.542. The van der Waals surface area contributed by atoms with Crippen molar-refractivity contribution in [3.8, 4) is 12.1 Å². The first kappa shape index (κ1) is 18.3. The molecule has 0 radical (unpaired) electrons. The van der Waals surface area contributed by atoms with Gasteiger partial charge in [-0.15, -0.1) is 0 Å². The molecule has 0 fully saturated rings. The number of nitriles is 2. The van der Waals surface area contributed by atoms with Crippen LogP contribution in [0.5, 0.6) is 0 Å². The van der Waals surface area contributed by atoms with Gasteiger partial charge in [0.1, 0.15) is 17.4 Å². The highest BCUT2D eigenvalue weighted by atomic mass is 16.4. The summed E-state index contributed by atoms with van der Waals surface area (Å²) in [6.07, 6.45) is 3.74. The number of fused-ring (bicyclic) bond motifs is 1. The Morgan fingerprint density at radius 2 is 1.79 bits per heavy atom. The van der Waals surface area contributed by atoms with E-state index in [2.05, 4.69) is 21.7 Å². The Balaban J connectivity index is 1.77. The summed E-state index contributed by atoms with van der Waals surface area (Å²) >= 11 is 0. The van der Waals surface area contributed by atoms with Gasteiger partial charge in [-0.25, -0.2) is 4.99 Å². The first-order chi connectivity index (χ1) is 14.1. The lowest BCUT2D eigenvalue weighted by atomic mass is 10.1. The molecule has 0 saturated carbocycles. The van der Waals surface area contributed by atoms with Crippen molar-refractivity contribution < 1.29 is 4.42 Å². The number of aryl methyl sites for hydroxylation is 1. The van der Waals surface area contributed by atoms with E-state index in [1.54, 1.807) is 6.21 Å². The fraction of sp³-hybridized carbons (Fsp3) is 0.125. The van der Waals surface area contributed by atoms with Gasteiger partial charge in [0.05, 0.1) is 11.6 Å². The smallest absolute Gasteiger partial charge is 0.237 e. The van der Waals surface area contributed by atoms with E-state index in [4.69, 9.17) is 4.42 Å². The average Bonchev–Trinajstić information content (AvgIpc) is 3.23. The molecule has 0 atom stereocenters. The van der Waals surface area contributed by atoms with Gasteiger partial charge in [-0.2, -0.15) is 10.5 Å². The maximum absolute atomic E-state index is 9.38. The maximum atomic E-state index is 9.38. The molecule has 0 aliphatic carbocycles. The second-order valence-electron chi connectivity index (χ2n) is 6.83. The number of rotatable bonds is 4. The van der Waals surface area contributed by atoms with Crippen molar-refractivity contribution in [3.05, 3.63) is 88.3 Å². The normalized spacial score (nSPS) is 11.0. The average molecular weight is 378 g/mol. The highest BCUT2D eigenvalue weighted by Crippen LogP contribution is 2.29. The van der Waals surface area contributed by atoms with Crippen LogP contribution in [-0.4, -0.2) is 10.8 Å². The molecule has 0 aliphatic heterocycles. The molecule has 0 aliphatic rings. The van der Waals surface area contributed by atoms with Gasteiger partial charge in [0.2, 0.25) is 5.88 Å². The molecular weight excluding hydrogens is 360 g/mol. The monoisotopic (exact) mass is 378 g/mol. The summed E-state index contributed by atoms with van der Waals surface area (Å²) in [6.45, 7) is 4.27. The fourth-order valence-electron chi connectivity index (χ4n) is 3.42. The van der Waals surface area contributed by atoms with E-state index in [1.165, 1.54) is 0 Å². The molecule has 5 nitrogen and oxygen atoms in total. The van der Waals surface area contributed by atoms with Crippen LogP contribution >= 0.6 is 0 Å². The number of furan rings is 1. The summed E-state index contributed by atoms with van der Waals surface area (Å²) in [4.78, 5) is 4.45. The van der Waals surface area contributed by atoms with Gasteiger partial charge in [0.15, 0.2) is 0 Å². The van der Waals surface area contributed by atoms with Crippen LogP contribution in [0.4, 0.5) is 5.88 Å². The highest BCUT2D eigenvalue weighted by Gasteiger charge is 2.14. The van der Waals surface area contributed by atoms with Crippen molar-refractivity contribution in [3.63, 3.8) is 0 Å². The SMILES string of the molecule is Cc1oc(N=Cc2cn(Cc3ccccc3C#N)c3ccccc23)c(C#N)c1C. The van der Waals surface area contributed by atoms with E-state index in [9.17, 15) is 10.5 Å². The van der Waals surface area contributed by atoms with Crippen LogP contribution in [0.25, 0.3) is 10.9 Å². The standard InChI is InChI=1S/C24H18N4O/c1-16-17(2)29-24(22(16)12-26)27-13-20-15-28(23-10-6-5-9-21(20)23)14-19-8-4-3-7-18(19)11-25/h3-10,13,15H,14H2,1-2H3. The highest BCUT2D eigenvalue weighted by molar-refractivity contribution is 6.00. The zero-order valence-corrected chi connectivity index (χ0v) is 16.2. The van der Waals surface area contributed by atoms with Crippen molar-refractivity contribution in [2.45, 2.75) is 20.4 Å². The van der Waals surface area contributed by atoms with Crippen LogP contribution in [0.2, 0.25) is 0 Å². The van der Waals surface area contributed by atoms with E-state index in [-0.39, 0.29) is 0 Å². The molecule has 29 heavy (non-hydrogen) atoms. The summed E-state index contributed by atoms with van der Waals surface area (Å²) in [5, 5.41) is 19.8. The summed E-state index contributed by atoms with van der Waals surface area (Å²) in [7, 11) is 0. The molecule has 0 amide bonds. The van der Waals surface area contributed by atoms with Gasteiger partial charge in [0, 0.05) is 41.0 Å². The van der Waals surface area contributed by atoms with Gasteiger partial charge in [0.25, 0.3) is 0 Å². The van der Waals surface area contributed by atoms with Gasteiger partial charge < -0.3 is 8.98 Å². The zero-order chi connectivity index (χ0) is 20.4. The van der Waals surface area contributed by atoms with E-state index in [1.807, 2.05) is 68.6 Å². The maximum Gasteiger partial charge on any atom is 0.237 e. The second-order valence-corrected chi connectivity index (χ2v) is 6.83. The van der Waals surface area contributed by atoms with Crippen LogP contribution in [0, 0.1) is 36.5 Å². The minimum Gasteiger partial charge on any atom is -0.442 e. The predicted octanol–water partition coefficient (Wildman–Crippen LogP) is 5.39. The molecule has 0 N–H and O–H groups in total. The number of aliphatic imine (C=N–C) groups is 1. The van der Waals surface area contributed by atoms with Crippen molar-refractivity contribution in [1.82, 2.24) is 4.57 Å². The summed E-state index contributed by atoms with van der Waals surface area (Å²) in [6, 6.07) is 20.1. The van der Waals surface area contributed by atoms with Gasteiger partial charge in [-0.3, -0.25) is 0 Å². The lowest BCUT2D eigenvalue weighted by Crippen LogP contribution is -2.00. The summed E-state index contributed by atoms with van der Waals surface area (Å²) < 4.78 is 7.75. The molecule has 2 aromatic carbocycles. The van der Waals surface area contributed by atoms with Crippen molar-refractivity contribution in [2.75, 3.05) is 0 Å². The lowest BCUT2D eigenvalue weighted by Gasteiger charge is -2.07. The number of benzene rings is 2. The number of hydrogen-bond donors (Lipinski definition) is 0. The first-order valence-corrected chi connectivity index (χ1v) is 9.22. The van der Waals surface area contributed by atoms with E-state index in [0.29, 0.717) is 29.3 Å². The molecule has 0 spiro atoms. The number of hydrogen-bond acceptors (Lipinski definition) is 4. The Morgan fingerprint density at radius 3 is 2.59 bits per heavy atom. The van der Waals surface area contributed by atoms with Gasteiger partial charge in [-0.05, 0) is 31.5 Å². The fourth-order valence-corrected chi connectivity index (χ4v) is 3.42. The largest absolute Gasteiger partial charge is 0.442 e. The molecule has 2 aromatic heterocycles. The minimum absolute atomic E-state index is 0.328. The van der Waals surface area contributed by atoms with Crippen LogP contribution in [0.3, 0.4) is 0 Å². The number of aromatic nitrogens is 1. The molecular formula is C24H18N4O. The molecule has 140 valence electrons. The minimum atomic E-state index is 0.328. The van der Waals surface area contributed by atoms with E-state index >= 15 is 0 Å². The number of para-hydroxylation sites is 1. The van der Waals surface area contributed by atoms with Crippen LogP contribution in [0.1, 0.15) is 33.6 Å². The van der Waals surface area contributed by atoms with Gasteiger partial charge in [-0.1, -0.05) is 36.4 Å². The van der Waals surface area contributed by atoms with E-state index < -0.39 is 0 Å². The third-order valence-corrected chi connectivity index (χ3v) is 5.10. The Bertz CT molecular complexity index is 1330. The van der Waals surface area contributed by atoms with Gasteiger partial charge >= 0.3 is 0 Å². The quantitative estimate of drug-likeness (QED) is 0.446. The molecule has 4 rings (SSSR count). The predicted molar refractivity (Wildman–Crippen MR) is 112 cm³/mol. The Labute approximate surface area is 168 Å². The first-order valence-electron chi connectivity index (χ1n) is 9.22. The van der Waals surface area contributed by atoms with Crippen molar-refractivity contribution in [1.29, 1.82) is 10.5 Å². The third-order valence-electron chi connectivity index (χ3n) is 5.10. The zero-order valence-electron chi connectivity index (χ0n) is 16.2. The molecule has 0 bridgehead atoms. The molecule has 0 saturated heterocycles. The third kappa shape index (κ3) is 3.31. The summed E-state index contributed by atoms with van der Waals surface area (Å²) in [5.41, 5.74) is 4.88. The van der Waals surface area contributed by atoms with Crippen molar-refractivity contribution >= 4 is 23.0 Å². The van der Waals surface area contributed by atoms with Crippen LogP contribution in [-0.2, 0) is 6.54 Å². The second kappa shape index (κ2) is 7.50. The van der Waals surface area contributed by atoms with E-state index in [0.717, 1.165) is 27.6 Å². The molecule has 2 heterocycles. The molecule has 0 unspecified atom stereocenters. The van der Waals surface area contributed by atoms with Crippen molar-refractivity contribution in [2.24, 2.45) is 4.99 Å². The Hall–Kier alpha value is -4.09.